The largest absolute Gasteiger partial charge is 0.399 e. The quantitative estimate of drug-likeness (QED) is 0.542. The van der Waals surface area contributed by atoms with Gasteiger partial charge in [0.1, 0.15) is 5.82 Å². The van der Waals surface area contributed by atoms with Crippen molar-refractivity contribution in [3.8, 4) is 11.4 Å². The third-order valence-electron chi connectivity index (χ3n) is 3.46. The molecule has 0 atom stereocenters. The Bertz CT molecular complexity index is 877. The molecule has 0 saturated heterocycles. The summed E-state index contributed by atoms with van der Waals surface area (Å²) in [6, 6.07) is 13.0. The summed E-state index contributed by atoms with van der Waals surface area (Å²) in [6.07, 6.45) is 0. The molecule has 8 heteroatoms. The molecule has 0 aliphatic rings. The van der Waals surface area contributed by atoms with E-state index in [-0.39, 0.29) is 17.5 Å². The summed E-state index contributed by atoms with van der Waals surface area (Å²) in [4.78, 5) is 12.0. The van der Waals surface area contributed by atoms with Gasteiger partial charge in [-0.1, -0.05) is 11.8 Å². The normalized spacial score (nSPS) is 10.6. The van der Waals surface area contributed by atoms with E-state index in [1.165, 1.54) is 36.0 Å². The third kappa shape index (κ3) is 4.16. The fraction of sp³-hybridized carbons (Fsp3) is 0.118. The number of nitrogens with two attached hydrogens (primary N) is 1. The molecule has 3 aromatic rings. The van der Waals surface area contributed by atoms with E-state index in [0.717, 1.165) is 5.56 Å². The molecule has 25 heavy (non-hydrogen) atoms. The molecule has 1 aromatic heterocycles. The summed E-state index contributed by atoms with van der Waals surface area (Å²) in [5, 5.41) is 11.6. The number of hydrogen-bond acceptors (Lipinski definition) is 5. The van der Waals surface area contributed by atoms with Crippen molar-refractivity contribution >= 4 is 29.0 Å². The summed E-state index contributed by atoms with van der Waals surface area (Å²) in [5.74, 6) is 0.321. The Morgan fingerprint density at radius 1 is 1.16 bits per heavy atom. The summed E-state index contributed by atoms with van der Waals surface area (Å²) in [5.41, 5.74) is 7.81. The highest BCUT2D eigenvalue weighted by Crippen LogP contribution is 2.23. The number of nitrogens with one attached hydrogen (secondary N) is 1. The zero-order valence-electron chi connectivity index (χ0n) is 13.4. The fourth-order valence-electron chi connectivity index (χ4n) is 2.18. The van der Waals surface area contributed by atoms with Gasteiger partial charge in [-0.05, 0) is 48.5 Å². The van der Waals surface area contributed by atoms with Crippen LogP contribution in [0.15, 0.2) is 53.7 Å². The lowest BCUT2D eigenvalue weighted by Crippen LogP contribution is -2.14. The van der Waals surface area contributed by atoms with Crippen LogP contribution in [-0.4, -0.2) is 26.4 Å². The number of nitrogens with zero attached hydrogens (tertiary/aromatic N) is 3. The average Bonchev–Trinajstić information content (AvgIpc) is 2.97. The molecular formula is C17H16FN5OS. The maximum atomic E-state index is 12.9. The lowest BCUT2D eigenvalue weighted by Gasteiger charge is -2.06. The van der Waals surface area contributed by atoms with Gasteiger partial charge in [0.25, 0.3) is 0 Å². The van der Waals surface area contributed by atoms with Crippen molar-refractivity contribution in [3.63, 3.8) is 0 Å². The van der Waals surface area contributed by atoms with Gasteiger partial charge in [0.2, 0.25) is 5.91 Å². The van der Waals surface area contributed by atoms with Gasteiger partial charge in [-0.2, -0.15) is 0 Å². The number of halogens is 1. The lowest BCUT2D eigenvalue weighted by molar-refractivity contribution is -0.113. The fourth-order valence-corrected chi connectivity index (χ4v) is 2.90. The predicted octanol–water partition coefficient (Wildman–Crippen LogP) is 2.93. The molecule has 128 valence electrons. The second-order valence-corrected chi connectivity index (χ2v) is 6.27. The van der Waals surface area contributed by atoms with Crippen molar-refractivity contribution < 1.29 is 9.18 Å². The smallest absolute Gasteiger partial charge is 0.234 e. The van der Waals surface area contributed by atoms with Crippen molar-refractivity contribution in [2.75, 3.05) is 16.8 Å². The summed E-state index contributed by atoms with van der Waals surface area (Å²) < 4.78 is 14.7. The van der Waals surface area contributed by atoms with Crippen LogP contribution in [0.3, 0.4) is 0 Å². The van der Waals surface area contributed by atoms with Crippen molar-refractivity contribution in [3.05, 3.63) is 54.3 Å². The third-order valence-corrected chi connectivity index (χ3v) is 4.48. The number of aromatic nitrogens is 3. The molecule has 1 amide bonds. The molecule has 3 rings (SSSR count). The molecule has 3 N–H and O–H groups in total. The van der Waals surface area contributed by atoms with Gasteiger partial charge in [-0.3, -0.25) is 4.79 Å². The van der Waals surface area contributed by atoms with Crippen LogP contribution in [-0.2, 0) is 11.8 Å². The Balaban J connectivity index is 1.62. The van der Waals surface area contributed by atoms with E-state index in [4.69, 9.17) is 5.73 Å². The van der Waals surface area contributed by atoms with Crippen LogP contribution in [0.5, 0.6) is 0 Å². The van der Waals surface area contributed by atoms with E-state index < -0.39 is 0 Å². The molecule has 0 aliphatic carbocycles. The highest BCUT2D eigenvalue weighted by molar-refractivity contribution is 7.99. The number of thioether (sulfide) groups is 1. The standard InChI is InChI=1S/C17H16FN5OS/c1-23-16(11-2-6-13(19)7-3-11)21-22-17(23)25-10-15(24)20-14-8-4-12(18)5-9-14/h2-9H,10,19H2,1H3,(H,20,24). The predicted molar refractivity (Wildman–Crippen MR) is 96.6 cm³/mol. The van der Waals surface area contributed by atoms with E-state index >= 15 is 0 Å². The maximum absolute atomic E-state index is 12.9. The number of amides is 1. The molecule has 1 heterocycles. The van der Waals surface area contributed by atoms with Gasteiger partial charge in [-0.25, -0.2) is 4.39 Å². The molecule has 6 nitrogen and oxygen atoms in total. The first-order valence-corrected chi connectivity index (χ1v) is 8.45. The zero-order chi connectivity index (χ0) is 17.8. The van der Waals surface area contributed by atoms with Crippen LogP contribution in [0, 0.1) is 5.82 Å². The Morgan fingerprint density at radius 3 is 2.52 bits per heavy atom. The van der Waals surface area contributed by atoms with E-state index in [1.807, 2.05) is 23.7 Å². The molecule has 0 unspecified atom stereocenters. The van der Waals surface area contributed by atoms with Gasteiger partial charge in [0.15, 0.2) is 11.0 Å². The Labute approximate surface area is 148 Å². The minimum absolute atomic E-state index is 0.172. The number of carbonyl (C=O) groups excluding carboxylic acids is 1. The zero-order valence-corrected chi connectivity index (χ0v) is 14.3. The Hall–Kier alpha value is -2.87. The minimum Gasteiger partial charge on any atom is -0.399 e. The van der Waals surface area contributed by atoms with Crippen LogP contribution in [0.2, 0.25) is 0 Å². The van der Waals surface area contributed by atoms with Gasteiger partial charge >= 0.3 is 0 Å². The van der Waals surface area contributed by atoms with Crippen LogP contribution in [0.4, 0.5) is 15.8 Å². The molecule has 0 spiro atoms. The van der Waals surface area contributed by atoms with Gasteiger partial charge in [0.05, 0.1) is 5.75 Å². The maximum Gasteiger partial charge on any atom is 0.234 e. The molecular weight excluding hydrogens is 341 g/mol. The topological polar surface area (TPSA) is 85.8 Å². The van der Waals surface area contributed by atoms with E-state index in [1.54, 1.807) is 12.1 Å². The van der Waals surface area contributed by atoms with Crippen LogP contribution in [0.25, 0.3) is 11.4 Å². The van der Waals surface area contributed by atoms with E-state index in [2.05, 4.69) is 15.5 Å². The Morgan fingerprint density at radius 2 is 1.84 bits per heavy atom. The van der Waals surface area contributed by atoms with Gasteiger partial charge in [-0.15, -0.1) is 10.2 Å². The van der Waals surface area contributed by atoms with Gasteiger partial charge < -0.3 is 15.6 Å². The number of anilines is 2. The van der Waals surface area contributed by atoms with Crippen molar-refractivity contribution in [2.24, 2.45) is 7.05 Å². The van der Waals surface area contributed by atoms with Crippen molar-refractivity contribution in [2.45, 2.75) is 5.16 Å². The Kier molecular flexibility index (Phi) is 4.99. The van der Waals surface area contributed by atoms with Crippen molar-refractivity contribution in [1.82, 2.24) is 14.8 Å². The lowest BCUT2D eigenvalue weighted by atomic mass is 10.2. The van der Waals surface area contributed by atoms with E-state index in [9.17, 15) is 9.18 Å². The van der Waals surface area contributed by atoms with Crippen LogP contribution >= 0.6 is 11.8 Å². The molecule has 0 radical (unpaired) electrons. The van der Waals surface area contributed by atoms with E-state index in [0.29, 0.717) is 22.4 Å². The highest BCUT2D eigenvalue weighted by atomic mass is 32.2. The minimum atomic E-state index is -0.346. The van der Waals surface area contributed by atoms with Gasteiger partial charge in [0, 0.05) is 24.0 Å². The molecule has 0 aliphatic heterocycles. The second-order valence-electron chi connectivity index (χ2n) is 5.33. The number of rotatable bonds is 5. The monoisotopic (exact) mass is 357 g/mol. The summed E-state index contributed by atoms with van der Waals surface area (Å²) in [6.45, 7) is 0. The first-order valence-electron chi connectivity index (χ1n) is 7.46. The SMILES string of the molecule is Cn1c(SCC(=O)Nc2ccc(F)cc2)nnc1-c1ccc(N)cc1. The number of hydrogen-bond donors (Lipinski definition) is 2. The first kappa shape index (κ1) is 17.0. The molecule has 2 aromatic carbocycles. The van der Waals surface area contributed by atoms with Crippen LogP contribution < -0.4 is 11.1 Å². The highest BCUT2D eigenvalue weighted by Gasteiger charge is 2.13. The average molecular weight is 357 g/mol. The summed E-state index contributed by atoms with van der Waals surface area (Å²) >= 11 is 1.27. The first-order chi connectivity index (χ1) is 12.0. The number of nitrogen functional groups attached to an aromatic ring is 1. The summed E-state index contributed by atoms with van der Waals surface area (Å²) in [7, 11) is 1.84. The molecule has 0 saturated carbocycles. The molecule has 0 fully saturated rings. The number of benzene rings is 2. The number of carbonyl (C=O) groups is 1. The second kappa shape index (κ2) is 7.35. The van der Waals surface area contributed by atoms with Crippen molar-refractivity contribution in [1.29, 1.82) is 0 Å². The molecule has 0 bridgehead atoms. The van der Waals surface area contributed by atoms with Crippen LogP contribution in [0.1, 0.15) is 0 Å².